The van der Waals surface area contributed by atoms with Crippen LogP contribution in [0.5, 0.6) is 0 Å². The molecule has 8 aromatic carbocycles. The number of hydrogen-bond donors (Lipinski definition) is 0. The molecule has 10 aromatic rings. The van der Waals surface area contributed by atoms with Crippen LogP contribution in [0.25, 0.3) is 82.8 Å². The van der Waals surface area contributed by atoms with Crippen molar-refractivity contribution in [1.29, 1.82) is 0 Å². The number of furan rings is 1. The Labute approximate surface area is 387 Å². The summed E-state index contributed by atoms with van der Waals surface area (Å²) >= 11 is 0. The van der Waals surface area contributed by atoms with Gasteiger partial charge in [0.05, 0.1) is 11.0 Å². The molecule has 0 radical (unpaired) electrons. The Balaban J connectivity index is 1.15. The van der Waals surface area contributed by atoms with E-state index in [4.69, 9.17) is 4.42 Å². The first kappa shape index (κ1) is 38.5. The summed E-state index contributed by atoms with van der Waals surface area (Å²) < 4.78 is 9.49. The minimum Gasteiger partial charge on any atom is -0.456 e. The van der Waals surface area contributed by atoms with E-state index in [0.717, 1.165) is 16.6 Å². The molecule has 4 aliphatic rings. The fraction of sp³-hybridized carbons (Fsp3) is 0.226. The number of rotatable bonds is 1. The highest BCUT2D eigenvalue weighted by Gasteiger charge is 2.47. The molecule has 0 spiro atoms. The molecule has 0 amide bonds. The van der Waals surface area contributed by atoms with Crippen LogP contribution in [0.1, 0.15) is 103 Å². The molecule has 14 rings (SSSR count). The smallest absolute Gasteiger partial charge is 0.333 e. The standard InChI is InChI=1S/C62H53BN2O/c1-59(2,3)34-19-22-36(23-20-34)65-53-31-46-45-27-35(60(4,5)6)21-26-55(45)66-56(46)32-44(53)39-24-25-40-43-28-49-42(38-16-12-14-18-48(38)61(49,7)8)30-52(43)64-54-33-50-41(29-51(54)63(65)57(39)58(40)64)37-15-11-13-17-47(37)62(50,9)10/h11-33H,1-10H3. The monoisotopic (exact) mass is 852 g/mol. The first-order chi connectivity index (χ1) is 31.5. The van der Waals surface area contributed by atoms with Crippen molar-refractivity contribution in [3.63, 3.8) is 0 Å². The second-order valence-corrected chi connectivity index (χ2v) is 23.0. The first-order valence-corrected chi connectivity index (χ1v) is 24.0. The van der Waals surface area contributed by atoms with Gasteiger partial charge in [-0.15, -0.1) is 0 Å². The minimum atomic E-state index is -0.156. The van der Waals surface area contributed by atoms with Gasteiger partial charge < -0.3 is 13.8 Å². The third kappa shape index (κ3) is 4.75. The highest BCUT2D eigenvalue weighted by atomic mass is 16.3. The molecule has 0 bridgehead atoms. The molecule has 4 heteroatoms. The van der Waals surface area contributed by atoms with E-state index < -0.39 is 0 Å². The molecule has 0 saturated heterocycles. The van der Waals surface area contributed by atoms with Crippen molar-refractivity contribution in [1.82, 2.24) is 4.57 Å². The Morgan fingerprint density at radius 2 is 1.08 bits per heavy atom. The molecule has 2 aliphatic heterocycles. The van der Waals surface area contributed by atoms with Crippen molar-refractivity contribution in [2.45, 2.75) is 90.9 Å². The lowest BCUT2D eigenvalue weighted by Crippen LogP contribution is -2.60. The third-order valence-electron chi connectivity index (χ3n) is 16.5. The Kier molecular flexibility index (Phi) is 7.09. The van der Waals surface area contributed by atoms with Crippen LogP contribution in [0, 0.1) is 0 Å². The van der Waals surface area contributed by atoms with Crippen LogP contribution in [0.3, 0.4) is 0 Å². The predicted molar refractivity (Wildman–Crippen MR) is 280 cm³/mol. The Morgan fingerprint density at radius 1 is 0.455 bits per heavy atom. The zero-order valence-electron chi connectivity index (χ0n) is 39.7. The van der Waals surface area contributed by atoms with E-state index in [1.165, 1.54) is 122 Å². The van der Waals surface area contributed by atoms with E-state index in [1.807, 2.05) is 0 Å². The molecule has 4 heterocycles. The van der Waals surface area contributed by atoms with E-state index in [1.54, 1.807) is 0 Å². The lowest BCUT2D eigenvalue weighted by atomic mass is 9.43. The van der Waals surface area contributed by atoms with Crippen LogP contribution in [-0.4, -0.2) is 11.4 Å². The lowest BCUT2D eigenvalue weighted by molar-refractivity contribution is 0.590. The molecule has 0 fully saturated rings. The molecule has 66 heavy (non-hydrogen) atoms. The summed E-state index contributed by atoms with van der Waals surface area (Å²) in [6, 6.07) is 54.4. The molecular weight excluding hydrogens is 800 g/mol. The Bertz CT molecular complexity index is 3840. The largest absolute Gasteiger partial charge is 0.456 e. The van der Waals surface area contributed by atoms with Crippen molar-refractivity contribution in [3.8, 4) is 39.1 Å². The maximum Gasteiger partial charge on any atom is 0.333 e. The fourth-order valence-corrected chi connectivity index (χ4v) is 12.9. The maximum atomic E-state index is 6.82. The maximum absolute atomic E-state index is 6.82. The topological polar surface area (TPSA) is 21.3 Å². The minimum absolute atomic E-state index is 0.00807. The van der Waals surface area contributed by atoms with Crippen LogP contribution in [0.15, 0.2) is 144 Å². The molecule has 0 saturated carbocycles. The third-order valence-corrected chi connectivity index (χ3v) is 16.5. The molecule has 0 atom stereocenters. The summed E-state index contributed by atoms with van der Waals surface area (Å²) in [7, 11) is 0. The highest BCUT2D eigenvalue weighted by Crippen LogP contribution is 2.55. The van der Waals surface area contributed by atoms with Gasteiger partial charge in [-0.05, 0) is 138 Å². The van der Waals surface area contributed by atoms with Crippen molar-refractivity contribution in [2.75, 3.05) is 4.81 Å². The summed E-state index contributed by atoms with van der Waals surface area (Å²) in [5.74, 6) is 0. The van der Waals surface area contributed by atoms with Crippen LogP contribution in [-0.2, 0) is 21.7 Å². The van der Waals surface area contributed by atoms with Gasteiger partial charge in [0.25, 0.3) is 0 Å². The predicted octanol–water partition coefficient (Wildman–Crippen LogP) is 15.1. The molecule has 2 aliphatic carbocycles. The Morgan fingerprint density at radius 3 is 1.76 bits per heavy atom. The lowest BCUT2D eigenvalue weighted by Gasteiger charge is -2.42. The SMILES string of the molecule is CC(C)(C)c1ccc(N2B3c4cc5c(cc4-n4c6cc7c(cc6c6ccc(c3c64)-c3cc4oc6ccc(C(C)(C)C)cc6c4cc32)C(C)(C)c2ccccc2-7)C(C)(C)c2ccccc2-5)cc1. The number of hydrogen-bond acceptors (Lipinski definition) is 2. The van der Waals surface area contributed by atoms with Crippen LogP contribution >= 0.6 is 0 Å². The average Bonchev–Trinajstić information content (AvgIpc) is 3.96. The van der Waals surface area contributed by atoms with Crippen LogP contribution in [0.4, 0.5) is 11.4 Å². The summed E-state index contributed by atoms with van der Waals surface area (Å²) in [6.07, 6.45) is 0. The number of anilines is 2. The van der Waals surface area contributed by atoms with Crippen molar-refractivity contribution in [2.24, 2.45) is 0 Å². The molecular formula is C62H53BN2O. The number of benzene rings is 8. The highest BCUT2D eigenvalue weighted by molar-refractivity contribution is 6.93. The van der Waals surface area contributed by atoms with Crippen molar-refractivity contribution in [3.05, 3.63) is 173 Å². The van der Waals surface area contributed by atoms with Crippen molar-refractivity contribution >= 4 is 72.9 Å². The zero-order chi connectivity index (χ0) is 45.1. The van der Waals surface area contributed by atoms with Gasteiger partial charge >= 0.3 is 6.85 Å². The quantitative estimate of drug-likeness (QED) is 0.153. The molecule has 0 unspecified atom stereocenters. The van der Waals surface area contributed by atoms with Gasteiger partial charge in [-0.3, -0.25) is 0 Å². The van der Waals surface area contributed by atoms with Gasteiger partial charge in [0.2, 0.25) is 0 Å². The second kappa shape index (κ2) is 12.2. The van der Waals surface area contributed by atoms with Gasteiger partial charge in [-0.2, -0.15) is 0 Å². The van der Waals surface area contributed by atoms with E-state index in [9.17, 15) is 0 Å². The molecule has 0 N–H and O–H groups in total. The number of nitrogens with zero attached hydrogens (tertiary/aromatic N) is 2. The summed E-state index contributed by atoms with van der Waals surface area (Å²) in [5, 5.41) is 4.95. The van der Waals surface area contributed by atoms with E-state index >= 15 is 0 Å². The van der Waals surface area contributed by atoms with Crippen molar-refractivity contribution < 1.29 is 4.42 Å². The van der Waals surface area contributed by atoms with Crippen LogP contribution < -0.4 is 15.7 Å². The van der Waals surface area contributed by atoms with Gasteiger partial charge in [-0.25, -0.2) is 0 Å². The molecule has 3 nitrogen and oxygen atoms in total. The fourth-order valence-electron chi connectivity index (χ4n) is 12.9. The summed E-state index contributed by atoms with van der Waals surface area (Å²) in [4.78, 5) is 2.69. The van der Waals surface area contributed by atoms with E-state index in [0.29, 0.717) is 0 Å². The van der Waals surface area contributed by atoms with Crippen LogP contribution in [0.2, 0.25) is 0 Å². The molecule has 320 valence electrons. The van der Waals surface area contributed by atoms with E-state index in [-0.39, 0.29) is 28.5 Å². The van der Waals surface area contributed by atoms with Gasteiger partial charge in [0.15, 0.2) is 0 Å². The average molecular weight is 853 g/mol. The Hall–Kier alpha value is -6.78. The van der Waals surface area contributed by atoms with Gasteiger partial charge in [0.1, 0.15) is 11.2 Å². The normalized spacial score (nSPS) is 15.9. The van der Waals surface area contributed by atoms with Gasteiger partial charge in [0, 0.05) is 55.0 Å². The first-order valence-electron chi connectivity index (χ1n) is 24.0. The molecule has 2 aromatic heterocycles. The second-order valence-electron chi connectivity index (χ2n) is 23.0. The number of aromatic nitrogens is 1. The zero-order valence-corrected chi connectivity index (χ0v) is 39.7. The summed E-state index contributed by atoms with van der Waals surface area (Å²) in [5.41, 5.74) is 26.7. The van der Waals surface area contributed by atoms with Gasteiger partial charge in [-0.1, -0.05) is 154 Å². The number of fused-ring (bicyclic) bond motifs is 17. The summed E-state index contributed by atoms with van der Waals surface area (Å²) in [6.45, 7) is 23.3. The van der Waals surface area contributed by atoms with E-state index in [2.05, 4.69) is 218 Å².